The first-order valence-corrected chi connectivity index (χ1v) is 34.4. The number of aliphatic hydroxyl groups is 11. The van der Waals surface area contributed by atoms with Crippen LogP contribution in [0.5, 0.6) is 0 Å². The maximum atomic E-state index is 13.4. The summed E-state index contributed by atoms with van der Waals surface area (Å²) in [5.41, 5.74) is 0. The van der Waals surface area contributed by atoms with Crippen LogP contribution < -0.4 is 5.32 Å². The molecular weight excluding hydrogens is 1090 g/mol. The molecule has 3 saturated heterocycles. The maximum absolute atomic E-state index is 13.4. The minimum Gasteiger partial charge on any atom is -0.394 e. The Morgan fingerprint density at radius 1 is 0.412 bits per heavy atom. The van der Waals surface area contributed by atoms with Gasteiger partial charge >= 0.3 is 0 Å². The molecular formula is C66H125NO18. The van der Waals surface area contributed by atoms with Crippen molar-refractivity contribution in [3.8, 4) is 0 Å². The molecule has 0 spiro atoms. The Morgan fingerprint density at radius 3 is 1.14 bits per heavy atom. The van der Waals surface area contributed by atoms with Crippen LogP contribution in [-0.4, -0.2) is 193 Å². The van der Waals surface area contributed by atoms with Gasteiger partial charge in [0.2, 0.25) is 5.91 Å². The molecule has 19 heteroatoms. The molecule has 0 saturated carbocycles. The lowest BCUT2D eigenvalue weighted by Gasteiger charge is -2.48. The van der Waals surface area contributed by atoms with Crippen molar-refractivity contribution >= 4 is 5.91 Å². The normalized spacial score (nSPS) is 29.0. The fourth-order valence-electron chi connectivity index (χ4n) is 12.0. The fraction of sp³-hybridized carbons (Fsp3) is 0.955. The topological polar surface area (TPSA) is 307 Å². The predicted molar refractivity (Wildman–Crippen MR) is 328 cm³/mol. The van der Waals surface area contributed by atoms with Crippen molar-refractivity contribution in [3.63, 3.8) is 0 Å². The molecule has 0 bridgehead atoms. The van der Waals surface area contributed by atoms with Crippen LogP contribution in [0.3, 0.4) is 0 Å². The van der Waals surface area contributed by atoms with Crippen molar-refractivity contribution < 1.29 is 89.4 Å². The van der Waals surface area contributed by atoms with Crippen molar-refractivity contribution in [3.05, 3.63) is 12.2 Å². The number of aliphatic hydroxyl groups excluding tert-OH is 11. The number of carbonyl (C=O) groups excluding carboxylic acids is 1. The van der Waals surface area contributed by atoms with Gasteiger partial charge in [-0.2, -0.15) is 0 Å². The van der Waals surface area contributed by atoms with Gasteiger partial charge in [-0.05, 0) is 38.5 Å². The second-order valence-corrected chi connectivity index (χ2v) is 25.0. The zero-order chi connectivity index (χ0) is 61.9. The molecule has 0 aromatic heterocycles. The molecule has 0 aromatic rings. The van der Waals surface area contributed by atoms with E-state index in [0.717, 1.165) is 44.9 Å². The first-order chi connectivity index (χ1) is 41.3. The van der Waals surface area contributed by atoms with Gasteiger partial charge in [0, 0.05) is 6.42 Å². The molecule has 3 aliphatic heterocycles. The summed E-state index contributed by atoms with van der Waals surface area (Å²) < 4.78 is 34.4. The SMILES string of the molecule is CCCCCCCCCC/C=C\CCCCCCCCCCCCCC(=O)NC(COC1OC(CO)C(OC2OC(CO)C(OC3OC(CO)C(O)C(O)C3O)C(O)C2O)C(O)C1O)C(O)CCCCCCCCCCCCCCCCCCC. The summed E-state index contributed by atoms with van der Waals surface area (Å²) in [4.78, 5) is 13.4. The molecule has 0 aromatic carbocycles. The third kappa shape index (κ3) is 31.9. The molecule has 17 atom stereocenters. The van der Waals surface area contributed by atoms with Crippen LogP contribution in [0.4, 0.5) is 0 Å². The van der Waals surface area contributed by atoms with Gasteiger partial charge in [-0.25, -0.2) is 0 Å². The Bertz CT molecular complexity index is 1600. The highest BCUT2D eigenvalue weighted by molar-refractivity contribution is 5.76. The minimum atomic E-state index is -1.97. The van der Waals surface area contributed by atoms with E-state index in [2.05, 4.69) is 31.3 Å². The molecule has 3 fully saturated rings. The van der Waals surface area contributed by atoms with Crippen molar-refractivity contribution in [1.29, 1.82) is 0 Å². The highest BCUT2D eigenvalue weighted by atomic mass is 16.8. The monoisotopic (exact) mass is 1220 g/mol. The number of amides is 1. The quantitative estimate of drug-likeness (QED) is 0.0201. The van der Waals surface area contributed by atoms with Gasteiger partial charge in [0.05, 0.1) is 38.6 Å². The second-order valence-electron chi connectivity index (χ2n) is 25.0. The predicted octanol–water partition coefficient (Wildman–Crippen LogP) is 8.50. The van der Waals surface area contributed by atoms with E-state index in [1.54, 1.807) is 0 Å². The van der Waals surface area contributed by atoms with E-state index in [1.165, 1.54) is 193 Å². The van der Waals surface area contributed by atoms with Crippen molar-refractivity contribution in [2.24, 2.45) is 0 Å². The van der Waals surface area contributed by atoms with E-state index in [9.17, 15) is 61.0 Å². The number of carbonyl (C=O) groups is 1. The Morgan fingerprint density at radius 2 is 0.741 bits per heavy atom. The number of unbranched alkanes of at least 4 members (excludes halogenated alkanes) is 35. The van der Waals surface area contributed by atoms with Crippen LogP contribution in [0.1, 0.15) is 271 Å². The van der Waals surface area contributed by atoms with Gasteiger partial charge in [0.15, 0.2) is 18.9 Å². The third-order valence-electron chi connectivity index (χ3n) is 17.6. The zero-order valence-corrected chi connectivity index (χ0v) is 52.9. The lowest BCUT2D eigenvalue weighted by atomic mass is 9.96. The Balaban J connectivity index is 1.43. The number of nitrogens with one attached hydrogen (secondary N) is 1. The summed E-state index contributed by atoms with van der Waals surface area (Å²) in [6.07, 6.45) is 25.7. The summed E-state index contributed by atoms with van der Waals surface area (Å²) in [6.45, 7) is 1.83. The van der Waals surface area contributed by atoms with Crippen LogP contribution >= 0.6 is 0 Å². The summed E-state index contributed by atoms with van der Waals surface area (Å²) in [5, 5.41) is 121. The second kappa shape index (κ2) is 49.3. The minimum absolute atomic E-state index is 0.240. The lowest BCUT2D eigenvalue weighted by molar-refractivity contribution is -0.379. The number of ether oxygens (including phenoxy) is 6. The molecule has 0 radical (unpaired) electrons. The molecule has 502 valence electrons. The van der Waals surface area contributed by atoms with Gasteiger partial charge in [0.25, 0.3) is 0 Å². The number of hydrogen-bond acceptors (Lipinski definition) is 18. The number of rotatable bonds is 53. The average Bonchev–Trinajstić information content (AvgIpc) is 3.64. The first kappa shape index (κ1) is 77.8. The van der Waals surface area contributed by atoms with E-state index >= 15 is 0 Å². The number of allylic oxidation sites excluding steroid dienone is 2. The van der Waals surface area contributed by atoms with Crippen LogP contribution in [0.15, 0.2) is 12.2 Å². The van der Waals surface area contributed by atoms with E-state index in [1.807, 2.05) is 0 Å². The van der Waals surface area contributed by atoms with E-state index in [-0.39, 0.29) is 18.9 Å². The van der Waals surface area contributed by atoms with Crippen LogP contribution in [0.2, 0.25) is 0 Å². The summed E-state index contributed by atoms with van der Waals surface area (Å²) in [6, 6.07) is -0.884. The third-order valence-corrected chi connectivity index (χ3v) is 17.6. The lowest BCUT2D eigenvalue weighted by Crippen LogP contribution is -2.66. The molecule has 3 rings (SSSR count). The summed E-state index contributed by atoms with van der Waals surface area (Å²) in [5.74, 6) is -0.240. The first-order valence-electron chi connectivity index (χ1n) is 34.4. The summed E-state index contributed by atoms with van der Waals surface area (Å²) in [7, 11) is 0. The molecule has 1 amide bonds. The van der Waals surface area contributed by atoms with Gasteiger partial charge in [-0.3, -0.25) is 4.79 Å². The zero-order valence-electron chi connectivity index (χ0n) is 52.9. The van der Waals surface area contributed by atoms with E-state index in [4.69, 9.17) is 28.4 Å². The van der Waals surface area contributed by atoms with Crippen molar-refractivity contribution in [1.82, 2.24) is 5.32 Å². The highest BCUT2D eigenvalue weighted by Crippen LogP contribution is 2.33. The van der Waals surface area contributed by atoms with E-state index in [0.29, 0.717) is 12.8 Å². The Hall–Kier alpha value is -1.47. The van der Waals surface area contributed by atoms with E-state index < -0.39 is 124 Å². The Kier molecular flexibility index (Phi) is 45.1. The fourth-order valence-corrected chi connectivity index (χ4v) is 12.0. The molecule has 12 N–H and O–H groups in total. The highest BCUT2D eigenvalue weighted by Gasteiger charge is 2.53. The molecule has 17 unspecified atom stereocenters. The van der Waals surface area contributed by atoms with Gasteiger partial charge in [-0.1, -0.05) is 238 Å². The smallest absolute Gasteiger partial charge is 0.220 e. The molecule has 3 heterocycles. The molecule has 85 heavy (non-hydrogen) atoms. The van der Waals surface area contributed by atoms with Crippen molar-refractivity contribution in [2.75, 3.05) is 26.4 Å². The molecule has 19 nitrogen and oxygen atoms in total. The standard InChI is InChI=1S/C66H125NO18/c1-3-5-7-9-11-13-15-17-19-21-22-23-24-25-26-28-30-32-34-36-38-40-42-44-54(72)67-49(50(71)43-41-39-37-35-33-31-29-27-20-18-16-14-12-10-8-6-4-2)48-80-64-60(78)57(75)62(52(46-69)82-64)85-66-61(79)58(76)63(53(47-70)83-66)84-65-59(77)56(74)55(73)51(45-68)81-65/h21-22,49-53,55-66,68-71,73-79H,3-20,23-48H2,1-2H3,(H,67,72)/b22-21-. The number of hydrogen-bond donors (Lipinski definition) is 12. The molecule has 0 aliphatic carbocycles. The largest absolute Gasteiger partial charge is 0.394 e. The van der Waals surface area contributed by atoms with Gasteiger partial charge in [-0.15, -0.1) is 0 Å². The van der Waals surface area contributed by atoms with Gasteiger partial charge in [0.1, 0.15) is 73.2 Å². The van der Waals surface area contributed by atoms with Crippen LogP contribution in [-0.2, 0) is 33.2 Å². The Labute approximate surface area is 512 Å². The van der Waals surface area contributed by atoms with Crippen molar-refractivity contribution in [2.45, 2.75) is 375 Å². The van der Waals surface area contributed by atoms with Crippen LogP contribution in [0.25, 0.3) is 0 Å². The van der Waals surface area contributed by atoms with Crippen LogP contribution in [0, 0.1) is 0 Å². The maximum Gasteiger partial charge on any atom is 0.220 e. The average molecular weight is 1220 g/mol. The molecule has 3 aliphatic rings. The summed E-state index contributed by atoms with van der Waals surface area (Å²) >= 11 is 0. The van der Waals surface area contributed by atoms with Gasteiger partial charge < -0.3 is 89.9 Å².